The van der Waals surface area contributed by atoms with E-state index in [0.717, 1.165) is 11.3 Å². The molecule has 0 spiro atoms. The van der Waals surface area contributed by atoms with E-state index in [1.54, 1.807) is 11.8 Å². The maximum atomic E-state index is 11.7. The molecule has 1 heterocycles. The van der Waals surface area contributed by atoms with E-state index in [1.807, 2.05) is 30.3 Å². The van der Waals surface area contributed by atoms with Gasteiger partial charge in [0.25, 0.3) is 0 Å². The second-order valence-electron chi connectivity index (χ2n) is 2.80. The molecular formula is C10H10O2S. The first-order chi connectivity index (χ1) is 6.38. The normalized spacial score (nSPS) is 21.7. The molecule has 0 aromatic heterocycles. The Morgan fingerprint density at radius 1 is 1.38 bits per heavy atom. The quantitative estimate of drug-likeness (QED) is 0.673. The van der Waals surface area contributed by atoms with Gasteiger partial charge in [-0.25, -0.2) is 0 Å². The summed E-state index contributed by atoms with van der Waals surface area (Å²) in [6.07, 6.45) is 0. The summed E-state index contributed by atoms with van der Waals surface area (Å²) in [5.74, 6) is 1.01. The van der Waals surface area contributed by atoms with Crippen molar-refractivity contribution in [3.63, 3.8) is 0 Å². The molecule has 1 aromatic carbocycles. The minimum Gasteiger partial charge on any atom is -0.358 e. The molecule has 1 aliphatic rings. The van der Waals surface area contributed by atoms with Crippen molar-refractivity contribution < 1.29 is 9.53 Å². The Balaban J connectivity index is 2.13. The van der Waals surface area contributed by atoms with E-state index in [-0.39, 0.29) is 11.2 Å². The Morgan fingerprint density at radius 2 is 2.15 bits per heavy atom. The van der Waals surface area contributed by atoms with E-state index in [9.17, 15) is 4.79 Å². The molecule has 3 heteroatoms. The number of hydrogen-bond acceptors (Lipinski definition) is 3. The number of Topliss-reactive ketones (excluding diaryl/α,β-unsaturated/α-hetero) is 1. The predicted molar refractivity (Wildman–Crippen MR) is 53.0 cm³/mol. The lowest BCUT2D eigenvalue weighted by Gasteiger charge is -2.06. The highest BCUT2D eigenvalue weighted by Gasteiger charge is 2.24. The van der Waals surface area contributed by atoms with Crippen LogP contribution in [0.25, 0.3) is 0 Å². The van der Waals surface area contributed by atoms with Gasteiger partial charge in [-0.2, -0.15) is 0 Å². The molecule has 0 amide bonds. The Kier molecular flexibility index (Phi) is 2.66. The molecule has 0 saturated carbocycles. The van der Waals surface area contributed by atoms with Crippen molar-refractivity contribution in [2.24, 2.45) is 0 Å². The lowest BCUT2D eigenvalue weighted by Crippen LogP contribution is -2.16. The van der Waals surface area contributed by atoms with Crippen LogP contribution in [0.15, 0.2) is 30.3 Å². The third-order valence-electron chi connectivity index (χ3n) is 1.89. The molecule has 2 rings (SSSR count). The van der Waals surface area contributed by atoms with Crippen molar-refractivity contribution in [3.8, 4) is 0 Å². The Bertz CT molecular complexity index is 291. The van der Waals surface area contributed by atoms with Crippen LogP contribution in [0.5, 0.6) is 0 Å². The second-order valence-corrected chi connectivity index (χ2v) is 3.97. The maximum Gasteiger partial charge on any atom is 0.201 e. The van der Waals surface area contributed by atoms with Gasteiger partial charge in [0.15, 0.2) is 5.44 Å². The summed E-state index contributed by atoms with van der Waals surface area (Å²) in [5, 5.41) is 0. The lowest BCUT2D eigenvalue weighted by atomic mass is 10.1. The van der Waals surface area contributed by atoms with Crippen molar-refractivity contribution in [2.45, 2.75) is 5.44 Å². The van der Waals surface area contributed by atoms with Crippen molar-refractivity contribution >= 4 is 17.5 Å². The zero-order chi connectivity index (χ0) is 9.10. The van der Waals surface area contributed by atoms with Gasteiger partial charge >= 0.3 is 0 Å². The van der Waals surface area contributed by atoms with Crippen molar-refractivity contribution in [2.75, 3.05) is 12.4 Å². The molecular weight excluding hydrogens is 184 g/mol. The first-order valence-electron chi connectivity index (χ1n) is 4.20. The highest BCUT2D eigenvalue weighted by molar-refractivity contribution is 8.00. The van der Waals surface area contributed by atoms with E-state index >= 15 is 0 Å². The molecule has 1 aromatic rings. The van der Waals surface area contributed by atoms with Gasteiger partial charge in [0.05, 0.1) is 6.61 Å². The minimum atomic E-state index is -0.276. The number of thioether (sulfide) groups is 1. The summed E-state index contributed by atoms with van der Waals surface area (Å²) in [4.78, 5) is 11.7. The largest absolute Gasteiger partial charge is 0.358 e. The van der Waals surface area contributed by atoms with E-state index < -0.39 is 0 Å². The fraction of sp³-hybridized carbons (Fsp3) is 0.300. The van der Waals surface area contributed by atoms with Crippen LogP contribution < -0.4 is 0 Å². The van der Waals surface area contributed by atoms with Crippen LogP contribution in [0, 0.1) is 0 Å². The second kappa shape index (κ2) is 3.94. The van der Waals surface area contributed by atoms with Gasteiger partial charge in [-0.3, -0.25) is 4.79 Å². The smallest absolute Gasteiger partial charge is 0.201 e. The van der Waals surface area contributed by atoms with Gasteiger partial charge in [-0.1, -0.05) is 30.3 Å². The number of benzene rings is 1. The Morgan fingerprint density at radius 3 is 2.77 bits per heavy atom. The molecule has 68 valence electrons. The maximum absolute atomic E-state index is 11.7. The van der Waals surface area contributed by atoms with Crippen LogP contribution in [0.4, 0.5) is 0 Å². The van der Waals surface area contributed by atoms with Crippen molar-refractivity contribution in [1.82, 2.24) is 0 Å². The zero-order valence-electron chi connectivity index (χ0n) is 7.10. The third-order valence-corrected chi connectivity index (χ3v) is 2.95. The molecule has 0 bridgehead atoms. The molecule has 1 aliphatic heterocycles. The molecule has 1 atom stereocenters. The fourth-order valence-corrected chi connectivity index (χ4v) is 2.13. The standard InChI is InChI=1S/C10H10O2S/c11-9(10-12-6-7-13-10)8-4-2-1-3-5-8/h1-5,10H,6-7H2. The van der Waals surface area contributed by atoms with E-state index in [2.05, 4.69) is 0 Å². The van der Waals surface area contributed by atoms with Crippen molar-refractivity contribution in [1.29, 1.82) is 0 Å². The highest BCUT2D eigenvalue weighted by atomic mass is 32.2. The van der Waals surface area contributed by atoms with Crippen LogP contribution in [0.1, 0.15) is 10.4 Å². The van der Waals surface area contributed by atoms with E-state index in [4.69, 9.17) is 4.74 Å². The molecule has 1 unspecified atom stereocenters. The molecule has 13 heavy (non-hydrogen) atoms. The van der Waals surface area contributed by atoms with Gasteiger partial charge in [0.2, 0.25) is 5.78 Å². The molecule has 1 fully saturated rings. The van der Waals surface area contributed by atoms with E-state index in [1.165, 1.54) is 0 Å². The minimum absolute atomic E-state index is 0.0862. The van der Waals surface area contributed by atoms with Gasteiger partial charge in [-0.15, -0.1) is 11.8 Å². The molecule has 1 saturated heterocycles. The average Bonchev–Trinajstić information content (AvgIpc) is 2.71. The third kappa shape index (κ3) is 1.92. The first-order valence-corrected chi connectivity index (χ1v) is 5.25. The van der Waals surface area contributed by atoms with Crippen LogP contribution in [0.2, 0.25) is 0 Å². The molecule has 0 radical (unpaired) electrons. The SMILES string of the molecule is O=C(c1ccccc1)C1OCCS1. The number of carbonyl (C=O) groups excluding carboxylic acids is 1. The molecule has 2 nitrogen and oxygen atoms in total. The zero-order valence-corrected chi connectivity index (χ0v) is 7.92. The summed E-state index contributed by atoms with van der Waals surface area (Å²) in [6.45, 7) is 0.688. The summed E-state index contributed by atoms with van der Waals surface area (Å²) in [6, 6.07) is 9.29. The fourth-order valence-electron chi connectivity index (χ4n) is 1.25. The van der Waals surface area contributed by atoms with Gasteiger partial charge in [0, 0.05) is 11.3 Å². The topological polar surface area (TPSA) is 26.3 Å². The number of ketones is 1. The van der Waals surface area contributed by atoms with Crippen LogP contribution >= 0.6 is 11.8 Å². The number of ether oxygens (including phenoxy) is 1. The van der Waals surface area contributed by atoms with E-state index in [0.29, 0.717) is 6.61 Å². The lowest BCUT2D eigenvalue weighted by molar-refractivity contribution is 0.0753. The van der Waals surface area contributed by atoms with Crippen LogP contribution in [-0.4, -0.2) is 23.6 Å². The molecule has 0 N–H and O–H groups in total. The number of hydrogen-bond donors (Lipinski definition) is 0. The number of rotatable bonds is 2. The van der Waals surface area contributed by atoms with Gasteiger partial charge in [0.1, 0.15) is 0 Å². The summed E-state index contributed by atoms with van der Waals surface area (Å²) in [7, 11) is 0. The summed E-state index contributed by atoms with van der Waals surface area (Å²) < 4.78 is 5.28. The van der Waals surface area contributed by atoms with Gasteiger partial charge in [-0.05, 0) is 0 Å². The summed E-state index contributed by atoms with van der Waals surface area (Å²) in [5.41, 5.74) is 0.462. The van der Waals surface area contributed by atoms with Gasteiger partial charge < -0.3 is 4.74 Å². The molecule has 0 aliphatic carbocycles. The predicted octanol–water partition coefficient (Wildman–Crippen LogP) is 1.96. The Labute approximate surface area is 81.3 Å². The van der Waals surface area contributed by atoms with Crippen LogP contribution in [0.3, 0.4) is 0 Å². The van der Waals surface area contributed by atoms with Crippen molar-refractivity contribution in [3.05, 3.63) is 35.9 Å². The summed E-state index contributed by atoms with van der Waals surface area (Å²) >= 11 is 1.57. The number of carbonyl (C=O) groups is 1. The van der Waals surface area contributed by atoms with Crippen LogP contribution in [-0.2, 0) is 4.74 Å². The average molecular weight is 194 g/mol. The highest BCUT2D eigenvalue weighted by Crippen LogP contribution is 2.23. The first kappa shape index (κ1) is 8.78. The monoisotopic (exact) mass is 194 g/mol. The Hall–Kier alpha value is -0.800.